The molecule has 0 aromatic carbocycles. The van der Waals surface area contributed by atoms with Crippen LogP contribution >= 0.6 is 0 Å². The zero-order valence-electron chi connectivity index (χ0n) is 13.9. The molecule has 0 radical (unpaired) electrons. The highest BCUT2D eigenvalue weighted by Crippen LogP contribution is 2.34. The summed E-state index contributed by atoms with van der Waals surface area (Å²) in [4.78, 5) is 18.9. The van der Waals surface area contributed by atoms with Gasteiger partial charge in [0, 0.05) is 25.2 Å². The van der Waals surface area contributed by atoms with E-state index in [0.717, 1.165) is 39.1 Å². The Morgan fingerprint density at radius 1 is 1.30 bits per heavy atom. The lowest BCUT2D eigenvalue weighted by atomic mass is 9.79. The van der Waals surface area contributed by atoms with Gasteiger partial charge in [-0.25, -0.2) is 9.67 Å². The SMILES string of the molecule is CC(C(=O)NCC1(N2CCOCC2)CCCCC1)n1cncn1. The zero-order valence-corrected chi connectivity index (χ0v) is 13.9. The highest BCUT2D eigenvalue weighted by Gasteiger charge is 2.39. The van der Waals surface area contributed by atoms with Crippen molar-refractivity contribution in [3.05, 3.63) is 12.7 Å². The first kappa shape index (κ1) is 16.4. The van der Waals surface area contributed by atoms with Crippen molar-refractivity contribution in [2.45, 2.75) is 50.6 Å². The van der Waals surface area contributed by atoms with Crippen LogP contribution in [0.25, 0.3) is 0 Å². The molecule has 2 aliphatic rings. The van der Waals surface area contributed by atoms with Gasteiger partial charge in [-0.3, -0.25) is 9.69 Å². The lowest BCUT2D eigenvalue weighted by Gasteiger charge is -2.48. The summed E-state index contributed by atoms with van der Waals surface area (Å²) in [6, 6.07) is -0.331. The number of carbonyl (C=O) groups excluding carboxylic acids is 1. The van der Waals surface area contributed by atoms with Gasteiger partial charge in [-0.15, -0.1) is 0 Å². The molecule has 1 aliphatic heterocycles. The normalized spacial score (nSPS) is 23.3. The number of morpholine rings is 1. The maximum atomic E-state index is 12.5. The number of nitrogens with one attached hydrogen (secondary N) is 1. The summed E-state index contributed by atoms with van der Waals surface area (Å²) in [5, 5.41) is 7.23. The van der Waals surface area contributed by atoms with E-state index in [1.165, 1.54) is 25.6 Å². The van der Waals surface area contributed by atoms with Crippen molar-refractivity contribution in [1.29, 1.82) is 0 Å². The van der Waals surface area contributed by atoms with Crippen LogP contribution in [0.15, 0.2) is 12.7 Å². The van der Waals surface area contributed by atoms with Crippen molar-refractivity contribution >= 4 is 5.91 Å². The van der Waals surface area contributed by atoms with Crippen molar-refractivity contribution in [3.63, 3.8) is 0 Å². The first-order valence-electron chi connectivity index (χ1n) is 8.66. The Kier molecular flexibility index (Phi) is 5.27. The Bertz CT molecular complexity index is 493. The van der Waals surface area contributed by atoms with E-state index in [2.05, 4.69) is 20.3 Å². The highest BCUT2D eigenvalue weighted by molar-refractivity contribution is 5.79. The number of hydrogen-bond donors (Lipinski definition) is 1. The minimum Gasteiger partial charge on any atom is -0.379 e. The molecule has 1 aliphatic carbocycles. The summed E-state index contributed by atoms with van der Waals surface area (Å²) in [5.41, 5.74) is 0.0970. The fourth-order valence-electron chi connectivity index (χ4n) is 3.79. The standard InChI is InChI=1S/C16H27N5O2/c1-14(21-13-17-12-19-21)15(22)18-11-16(5-3-2-4-6-16)20-7-9-23-10-8-20/h12-14H,2-11H2,1H3,(H,18,22). The van der Waals surface area contributed by atoms with Crippen molar-refractivity contribution in [1.82, 2.24) is 25.0 Å². The summed E-state index contributed by atoms with van der Waals surface area (Å²) >= 11 is 0. The number of hydrogen-bond acceptors (Lipinski definition) is 5. The fourth-order valence-corrected chi connectivity index (χ4v) is 3.79. The summed E-state index contributed by atoms with van der Waals surface area (Å²) < 4.78 is 7.10. The molecule has 7 nitrogen and oxygen atoms in total. The second-order valence-electron chi connectivity index (χ2n) is 6.65. The van der Waals surface area contributed by atoms with Crippen LogP contribution in [0.4, 0.5) is 0 Å². The van der Waals surface area contributed by atoms with E-state index in [-0.39, 0.29) is 17.5 Å². The third kappa shape index (κ3) is 3.72. The molecular formula is C16H27N5O2. The number of rotatable bonds is 5. The molecule has 2 heterocycles. The predicted molar refractivity (Wildman–Crippen MR) is 86.0 cm³/mol. The molecule has 1 aromatic heterocycles. The fraction of sp³-hybridized carbons (Fsp3) is 0.812. The van der Waals surface area contributed by atoms with Crippen molar-refractivity contribution in [2.24, 2.45) is 0 Å². The summed E-state index contributed by atoms with van der Waals surface area (Å²) in [6.07, 6.45) is 9.14. The lowest BCUT2D eigenvalue weighted by molar-refractivity contribution is -0.125. The van der Waals surface area contributed by atoms with Gasteiger partial charge in [-0.2, -0.15) is 5.10 Å². The molecular weight excluding hydrogens is 294 g/mol. The van der Waals surface area contributed by atoms with E-state index >= 15 is 0 Å². The van der Waals surface area contributed by atoms with Crippen molar-refractivity contribution in [2.75, 3.05) is 32.8 Å². The predicted octanol–water partition coefficient (Wildman–Crippen LogP) is 0.990. The van der Waals surface area contributed by atoms with E-state index < -0.39 is 0 Å². The Balaban J connectivity index is 1.63. The summed E-state index contributed by atoms with van der Waals surface area (Å²) in [5.74, 6) is 0.00806. The van der Waals surface area contributed by atoms with Crippen LogP contribution < -0.4 is 5.32 Å². The molecule has 1 amide bonds. The summed E-state index contributed by atoms with van der Waals surface area (Å²) in [7, 11) is 0. The largest absolute Gasteiger partial charge is 0.379 e. The summed E-state index contributed by atoms with van der Waals surface area (Å²) in [6.45, 7) is 6.09. The quantitative estimate of drug-likeness (QED) is 0.875. The van der Waals surface area contributed by atoms with Gasteiger partial charge >= 0.3 is 0 Å². The number of carbonyl (C=O) groups is 1. The molecule has 3 rings (SSSR count). The van der Waals surface area contributed by atoms with Crippen LogP contribution in [0.1, 0.15) is 45.1 Å². The van der Waals surface area contributed by atoms with Crippen LogP contribution in [0.5, 0.6) is 0 Å². The van der Waals surface area contributed by atoms with Crippen LogP contribution in [0.3, 0.4) is 0 Å². The van der Waals surface area contributed by atoms with E-state index in [4.69, 9.17) is 4.74 Å². The third-order valence-electron chi connectivity index (χ3n) is 5.27. The van der Waals surface area contributed by atoms with Gasteiger partial charge in [0.25, 0.3) is 0 Å². The molecule has 2 fully saturated rings. The minimum atomic E-state index is -0.331. The average Bonchev–Trinajstić information content (AvgIpc) is 3.15. The van der Waals surface area contributed by atoms with Gasteiger partial charge in [-0.1, -0.05) is 19.3 Å². The van der Waals surface area contributed by atoms with Crippen molar-refractivity contribution < 1.29 is 9.53 Å². The van der Waals surface area contributed by atoms with Gasteiger partial charge in [0.05, 0.1) is 13.2 Å². The molecule has 1 N–H and O–H groups in total. The Hall–Kier alpha value is -1.47. The van der Waals surface area contributed by atoms with E-state index in [1.54, 1.807) is 11.0 Å². The molecule has 0 spiro atoms. The lowest BCUT2D eigenvalue weighted by Crippen LogP contribution is -2.60. The molecule has 1 aromatic rings. The zero-order chi connectivity index (χ0) is 16.1. The number of amides is 1. The molecule has 1 saturated heterocycles. The van der Waals surface area contributed by atoms with Gasteiger partial charge in [0.15, 0.2) is 0 Å². The van der Waals surface area contributed by atoms with E-state index in [9.17, 15) is 4.79 Å². The maximum absolute atomic E-state index is 12.5. The smallest absolute Gasteiger partial charge is 0.244 e. The van der Waals surface area contributed by atoms with Crippen LogP contribution in [0, 0.1) is 0 Å². The van der Waals surface area contributed by atoms with Crippen LogP contribution in [-0.4, -0.2) is 64.0 Å². The topological polar surface area (TPSA) is 72.3 Å². The Labute approximate surface area is 137 Å². The van der Waals surface area contributed by atoms with Crippen molar-refractivity contribution in [3.8, 4) is 0 Å². The molecule has 1 unspecified atom stereocenters. The Morgan fingerprint density at radius 2 is 2.04 bits per heavy atom. The Morgan fingerprint density at radius 3 is 2.70 bits per heavy atom. The maximum Gasteiger partial charge on any atom is 0.244 e. The van der Waals surface area contributed by atoms with Gasteiger partial charge in [0.2, 0.25) is 5.91 Å². The van der Waals surface area contributed by atoms with E-state index in [0.29, 0.717) is 6.54 Å². The third-order valence-corrected chi connectivity index (χ3v) is 5.27. The van der Waals surface area contributed by atoms with Gasteiger partial charge in [0.1, 0.15) is 18.7 Å². The highest BCUT2D eigenvalue weighted by atomic mass is 16.5. The number of aromatic nitrogens is 3. The number of ether oxygens (including phenoxy) is 1. The first-order valence-corrected chi connectivity index (χ1v) is 8.66. The average molecular weight is 321 g/mol. The molecule has 23 heavy (non-hydrogen) atoms. The van der Waals surface area contributed by atoms with Crippen LogP contribution in [0.2, 0.25) is 0 Å². The second kappa shape index (κ2) is 7.40. The van der Waals surface area contributed by atoms with Gasteiger partial charge < -0.3 is 10.1 Å². The monoisotopic (exact) mass is 321 g/mol. The molecule has 7 heteroatoms. The van der Waals surface area contributed by atoms with Crippen LogP contribution in [-0.2, 0) is 9.53 Å². The molecule has 1 saturated carbocycles. The minimum absolute atomic E-state index is 0.00806. The molecule has 0 bridgehead atoms. The van der Waals surface area contributed by atoms with E-state index in [1.807, 2.05) is 6.92 Å². The van der Waals surface area contributed by atoms with Gasteiger partial charge in [-0.05, 0) is 19.8 Å². The molecule has 1 atom stereocenters. The second-order valence-corrected chi connectivity index (χ2v) is 6.65. The first-order chi connectivity index (χ1) is 11.2. The molecule has 128 valence electrons. The number of nitrogens with zero attached hydrogens (tertiary/aromatic N) is 4.